The van der Waals surface area contributed by atoms with Crippen molar-refractivity contribution in [3.05, 3.63) is 52.2 Å². The van der Waals surface area contributed by atoms with Gasteiger partial charge < -0.3 is 14.5 Å². The van der Waals surface area contributed by atoms with Crippen LogP contribution < -0.4 is 5.56 Å². The molecule has 0 amide bonds. The Hall–Kier alpha value is -2.47. The molecule has 0 radical (unpaired) electrons. The Morgan fingerprint density at radius 3 is 2.90 bits per heavy atom. The molecule has 6 heteroatoms. The number of fused-ring (bicyclic) bond motifs is 1. The van der Waals surface area contributed by atoms with Gasteiger partial charge >= 0.3 is 0 Å². The number of imidazole rings is 1. The molecule has 20 heavy (non-hydrogen) atoms. The second-order valence-corrected chi connectivity index (χ2v) is 4.54. The summed E-state index contributed by atoms with van der Waals surface area (Å²) in [5.74, 6) is 0.442. The maximum Gasteiger partial charge on any atom is 0.254 e. The van der Waals surface area contributed by atoms with Gasteiger partial charge in [-0.15, -0.1) is 0 Å². The highest BCUT2D eigenvalue weighted by atomic mass is 16.3. The minimum Gasteiger partial charge on any atom is -0.396 e. The Morgan fingerprint density at radius 1 is 1.35 bits per heavy atom. The molecule has 0 fully saturated rings. The van der Waals surface area contributed by atoms with Crippen molar-refractivity contribution in [3.63, 3.8) is 0 Å². The third-order valence-corrected chi connectivity index (χ3v) is 3.19. The zero-order chi connectivity index (χ0) is 14.1. The maximum atomic E-state index is 12.0. The highest BCUT2D eigenvalue weighted by Gasteiger charge is 2.11. The number of aromatic amines is 1. The molecule has 0 aliphatic carbocycles. The summed E-state index contributed by atoms with van der Waals surface area (Å²) < 4.78 is 1.87. The number of hydrogen-bond donors (Lipinski definition) is 2. The quantitative estimate of drug-likeness (QED) is 0.741. The fourth-order valence-electron chi connectivity index (χ4n) is 2.19. The van der Waals surface area contributed by atoms with Gasteiger partial charge in [0.2, 0.25) is 0 Å². The Balaban J connectivity index is 2.12. The Kier molecular flexibility index (Phi) is 3.08. The van der Waals surface area contributed by atoms with Crippen LogP contribution in [-0.4, -0.2) is 31.1 Å². The Morgan fingerprint density at radius 2 is 2.20 bits per heavy atom. The molecule has 6 nitrogen and oxygen atoms in total. The summed E-state index contributed by atoms with van der Waals surface area (Å²) in [6.07, 6.45) is 4.01. The van der Waals surface area contributed by atoms with Crippen LogP contribution in [0.5, 0.6) is 0 Å². The summed E-state index contributed by atoms with van der Waals surface area (Å²) >= 11 is 0. The number of rotatable bonds is 3. The fraction of sp³-hybridized carbons (Fsp3) is 0.214. The van der Waals surface area contributed by atoms with Crippen LogP contribution in [0.25, 0.3) is 17.2 Å². The van der Waals surface area contributed by atoms with Crippen molar-refractivity contribution >= 4 is 5.65 Å². The summed E-state index contributed by atoms with van der Waals surface area (Å²) in [5, 5.41) is 8.95. The van der Waals surface area contributed by atoms with E-state index in [4.69, 9.17) is 5.11 Å². The number of H-pyrrole nitrogens is 1. The summed E-state index contributed by atoms with van der Waals surface area (Å²) in [4.78, 5) is 23.5. The number of nitrogens with one attached hydrogen (secondary N) is 1. The van der Waals surface area contributed by atoms with Crippen molar-refractivity contribution in [2.45, 2.75) is 13.3 Å². The number of nitrogens with zero attached hydrogens (tertiary/aromatic N) is 3. The number of hydrogen-bond acceptors (Lipinski definition) is 4. The number of aromatic nitrogens is 4. The highest BCUT2D eigenvalue weighted by molar-refractivity contribution is 5.55. The molecule has 0 bridgehead atoms. The molecule has 102 valence electrons. The average Bonchev–Trinajstić information content (AvgIpc) is 2.86. The molecular formula is C14H14N4O2. The number of aliphatic hydroxyl groups excluding tert-OH is 1. The molecular weight excluding hydrogens is 256 g/mol. The van der Waals surface area contributed by atoms with Crippen molar-refractivity contribution in [2.75, 3.05) is 6.61 Å². The second-order valence-electron chi connectivity index (χ2n) is 4.54. The second kappa shape index (κ2) is 4.90. The average molecular weight is 270 g/mol. The molecule has 0 unspecified atom stereocenters. The van der Waals surface area contributed by atoms with Gasteiger partial charge in [0.05, 0.1) is 0 Å². The van der Waals surface area contributed by atoms with Crippen LogP contribution in [0.15, 0.2) is 35.4 Å². The largest absolute Gasteiger partial charge is 0.396 e. The molecule has 0 aliphatic rings. The first-order valence-electron chi connectivity index (χ1n) is 6.34. The first-order chi connectivity index (χ1) is 9.69. The topological polar surface area (TPSA) is 83.3 Å². The zero-order valence-corrected chi connectivity index (χ0v) is 11.0. The highest BCUT2D eigenvalue weighted by Crippen LogP contribution is 2.15. The van der Waals surface area contributed by atoms with E-state index in [1.54, 1.807) is 6.92 Å². The lowest BCUT2D eigenvalue weighted by Crippen LogP contribution is -2.18. The summed E-state index contributed by atoms with van der Waals surface area (Å²) in [6.45, 7) is 1.69. The predicted octanol–water partition coefficient (Wildman–Crippen LogP) is 0.928. The van der Waals surface area contributed by atoms with Gasteiger partial charge in [0.25, 0.3) is 5.56 Å². The molecule has 0 aliphatic heterocycles. The van der Waals surface area contributed by atoms with E-state index >= 15 is 0 Å². The molecule has 0 saturated carbocycles. The number of aryl methyl sites for hydroxylation is 1. The normalized spacial score (nSPS) is 11.1. The van der Waals surface area contributed by atoms with Gasteiger partial charge in [-0.25, -0.2) is 9.97 Å². The SMILES string of the molecule is Cc1nc(-c2cn3ccccc3n2)[nH]c(=O)c1CCO. The fourth-order valence-corrected chi connectivity index (χ4v) is 2.19. The van der Waals surface area contributed by atoms with Gasteiger partial charge in [0.15, 0.2) is 5.82 Å². The molecule has 0 atom stereocenters. The lowest BCUT2D eigenvalue weighted by atomic mass is 10.2. The zero-order valence-electron chi connectivity index (χ0n) is 11.0. The van der Waals surface area contributed by atoms with Crippen LogP contribution in [-0.2, 0) is 6.42 Å². The van der Waals surface area contributed by atoms with E-state index < -0.39 is 0 Å². The molecule has 0 saturated heterocycles. The molecule has 0 aromatic carbocycles. The van der Waals surface area contributed by atoms with Crippen LogP contribution in [0.1, 0.15) is 11.3 Å². The van der Waals surface area contributed by atoms with Crippen molar-refractivity contribution < 1.29 is 5.11 Å². The standard InChI is InChI=1S/C14H14N4O2/c1-9-10(5-7-19)14(20)17-13(15-9)11-8-18-6-3-2-4-12(18)16-11/h2-4,6,8,19H,5,7H2,1H3,(H,15,17,20). The van der Waals surface area contributed by atoms with Gasteiger partial charge in [-0.05, 0) is 19.1 Å². The summed E-state index contributed by atoms with van der Waals surface area (Å²) in [7, 11) is 0. The monoisotopic (exact) mass is 270 g/mol. The molecule has 3 rings (SSSR count). The van der Waals surface area contributed by atoms with Gasteiger partial charge in [0, 0.05) is 36.7 Å². The third-order valence-electron chi connectivity index (χ3n) is 3.19. The van der Waals surface area contributed by atoms with E-state index in [0.717, 1.165) is 5.65 Å². The van der Waals surface area contributed by atoms with Crippen molar-refractivity contribution in [3.8, 4) is 11.5 Å². The van der Waals surface area contributed by atoms with Crippen LogP contribution in [0.3, 0.4) is 0 Å². The maximum absolute atomic E-state index is 12.0. The van der Waals surface area contributed by atoms with E-state index in [0.29, 0.717) is 29.2 Å². The van der Waals surface area contributed by atoms with Gasteiger partial charge in [-0.2, -0.15) is 0 Å². The van der Waals surface area contributed by atoms with E-state index in [1.807, 2.05) is 35.0 Å². The van der Waals surface area contributed by atoms with Crippen molar-refractivity contribution in [1.82, 2.24) is 19.4 Å². The van der Waals surface area contributed by atoms with Crippen LogP contribution >= 0.6 is 0 Å². The summed E-state index contributed by atoms with van der Waals surface area (Å²) in [5.41, 5.74) is 2.32. The lowest BCUT2D eigenvalue weighted by molar-refractivity contribution is 0.298. The van der Waals surface area contributed by atoms with E-state index in [9.17, 15) is 4.79 Å². The first-order valence-corrected chi connectivity index (χ1v) is 6.34. The van der Waals surface area contributed by atoms with Crippen molar-refractivity contribution in [1.29, 1.82) is 0 Å². The van der Waals surface area contributed by atoms with E-state index in [-0.39, 0.29) is 12.2 Å². The Bertz CT molecular complexity index is 786. The van der Waals surface area contributed by atoms with Crippen LogP contribution in [0.2, 0.25) is 0 Å². The smallest absolute Gasteiger partial charge is 0.254 e. The van der Waals surface area contributed by atoms with Gasteiger partial charge in [-0.3, -0.25) is 4.79 Å². The number of aliphatic hydroxyl groups is 1. The minimum absolute atomic E-state index is 0.0701. The summed E-state index contributed by atoms with van der Waals surface area (Å²) in [6, 6.07) is 5.69. The predicted molar refractivity (Wildman–Crippen MR) is 74.6 cm³/mol. The minimum atomic E-state index is -0.224. The van der Waals surface area contributed by atoms with E-state index in [2.05, 4.69) is 15.0 Å². The molecule has 3 aromatic heterocycles. The number of pyridine rings is 1. The van der Waals surface area contributed by atoms with E-state index in [1.165, 1.54) is 0 Å². The van der Waals surface area contributed by atoms with Gasteiger partial charge in [0.1, 0.15) is 11.3 Å². The first kappa shape index (κ1) is 12.6. The lowest BCUT2D eigenvalue weighted by Gasteiger charge is -2.04. The van der Waals surface area contributed by atoms with Crippen molar-refractivity contribution in [2.24, 2.45) is 0 Å². The Labute approximate surface area is 114 Å². The molecule has 0 spiro atoms. The molecule has 3 heterocycles. The molecule has 2 N–H and O–H groups in total. The van der Waals surface area contributed by atoms with Crippen LogP contribution in [0, 0.1) is 6.92 Å². The third kappa shape index (κ3) is 2.10. The molecule has 3 aromatic rings. The van der Waals surface area contributed by atoms with Gasteiger partial charge in [-0.1, -0.05) is 6.07 Å². The van der Waals surface area contributed by atoms with Crippen LogP contribution in [0.4, 0.5) is 0 Å².